The second-order valence-corrected chi connectivity index (χ2v) is 7.81. The van der Waals surface area contributed by atoms with E-state index < -0.39 is 23.3 Å². The molecule has 0 unspecified atom stereocenters. The molecule has 0 aliphatic rings. The third-order valence-corrected chi connectivity index (χ3v) is 5.90. The van der Waals surface area contributed by atoms with Crippen LogP contribution in [0.3, 0.4) is 0 Å². The molecule has 10 nitrogen and oxygen atoms in total. The number of nitrogens with one attached hydrogen (secondary N) is 1. The second-order valence-electron chi connectivity index (χ2n) is 5.95. The highest BCUT2D eigenvalue weighted by Gasteiger charge is 2.18. The number of hydrogen-bond acceptors (Lipinski definition) is 9. The van der Waals surface area contributed by atoms with Crippen molar-refractivity contribution in [3.05, 3.63) is 38.2 Å². The molecule has 0 bridgehead atoms. The predicted octanol–water partition coefficient (Wildman–Crippen LogP) is 1.07. The minimum Gasteiger partial charge on any atom is -0.466 e. The first-order chi connectivity index (χ1) is 13.8. The first kappa shape index (κ1) is 20.6. The van der Waals surface area contributed by atoms with Crippen LogP contribution >= 0.6 is 22.7 Å². The van der Waals surface area contributed by atoms with Crippen LogP contribution in [0, 0.1) is 6.92 Å². The summed E-state index contributed by atoms with van der Waals surface area (Å²) >= 11 is 2.20. The van der Waals surface area contributed by atoms with Gasteiger partial charge in [0.15, 0.2) is 5.13 Å². The molecule has 0 saturated carbocycles. The van der Waals surface area contributed by atoms with Gasteiger partial charge in [0.05, 0.1) is 35.3 Å². The van der Waals surface area contributed by atoms with Gasteiger partial charge in [-0.15, -0.1) is 22.7 Å². The van der Waals surface area contributed by atoms with E-state index in [4.69, 9.17) is 10.5 Å². The monoisotopic (exact) mass is 435 g/mol. The molecule has 0 aliphatic heterocycles. The van der Waals surface area contributed by atoms with Gasteiger partial charge in [-0.2, -0.15) is 0 Å². The van der Waals surface area contributed by atoms with Gasteiger partial charge in [-0.1, -0.05) is 0 Å². The maximum absolute atomic E-state index is 12.7. The Bertz CT molecular complexity index is 1160. The Morgan fingerprint density at radius 2 is 2.10 bits per heavy atom. The van der Waals surface area contributed by atoms with E-state index >= 15 is 0 Å². The molecular weight excluding hydrogens is 418 g/mol. The van der Waals surface area contributed by atoms with Gasteiger partial charge in [-0.3, -0.25) is 23.7 Å². The number of thiophene rings is 1. The zero-order valence-electron chi connectivity index (χ0n) is 15.6. The van der Waals surface area contributed by atoms with E-state index in [1.807, 2.05) is 0 Å². The number of primary amides is 1. The van der Waals surface area contributed by atoms with E-state index in [0.717, 1.165) is 27.2 Å². The number of carbonyl (C=O) groups excluding carboxylic acids is 3. The highest BCUT2D eigenvalue weighted by molar-refractivity contribution is 7.20. The van der Waals surface area contributed by atoms with Gasteiger partial charge in [0, 0.05) is 5.38 Å². The van der Waals surface area contributed by atoms with Crippen LogP contribution in [-0.4, -0.2) is 38.9 Å². The maximum atomic E-state index is 12.7. The normalized spacial score (nSPS) is 10.8. The van der Waals surface area contributed by atoms with Crippen LogP contribution in [0.1, 0.15) is 27.9 Å². The summed E-state index contributed by atoms with van der Waals surface area (Å²) in [5.74, 6) is -1.51. The summed E-state index contributed by atoms with van der Waals surface area (Å²) in [6, 6.07) is 0. The fourth-order valence-corrected chi connectivity index (χ4v) is 4.34. The number of thiazole rings is 1. The van der Waals surface area contributed by atoms with Crippen LogP contribution in [0.4, 0.5) is 5.13 Å². The Hall–Kier alpha value is -3.12. The number of amides is 2. The average Bonchev–Trinajstić information content (AvgIpc) is 3.22. The van der Waals surface area contributed by atoms with E-state index in [2.05, 4.69) is 15.3 Å². The Morgan fingerprint density at radius 1 is 1.34 bits per heavy atom. The number of rotatable bonds is 7. The van der Waals surface area contributed by atoms with Crippen LogP contribution in [0.2, 0.25) is 0 Å². The quantitative estimate of drug-likeness (QED) is 0.528. The Labute approximate surface area is 172 Å². The smallest absolute Gasteiger partial charge is 0.311 e. The van der Waals surface area contributed by atoms with Crippen molar-refractivity contribution in [3.63, 3.8) is 0 Å². The number of hydrogen-bond donors (Lipinski definition) is 2. The van der Waals surface area contributed by atoms with Crippen molar-refractivity contribution < 1.29 is 19.1 Å². The summed E-state index contributed by atoms with van der Waals surface area (Å²) in [5.41, 5.74) is 5.82. The van der Waals surface area contributed by atoms with E-state index in [1.165, 1.54) is 6.33 Å². The number of carbonyl (C=O) groups is 3. The summed E-state index contributed by atoms with van der Waals surface area (Å²) in [6.07, 6.45) is 1.26. The third-order valence-electron chi connectivity index (χ3n) is 3.88. The molecule has 0 radical (unpaired) electrons. The fraction of sp³-hybridized carbons (Fsp3) is 0.294. The lowest BCUT2D eigenvalue weighted by molar-refractivity contribution is -0.142. The lowest BCUT2D eigenvalue weighted by atomic mass is 10.2. The SMILES string of the molecule is CCOC(=O)Cc1csc(NC(=O)Cn2cnc3sc(C(N)=O)c(C)c3c2=O)n1. The number of anilines is 1. The number of nitrogens with two attached hydrogens (primary N) is 1. The van der Waals surface area contributed by atoms with E-state index in [9.17, 15) is 19.2 Å². The lowest BCUT2D eigenvalue weighted by Crippen LogP contribution is -2.28. The van der Waals surface area contributed by atoms with E-state index in [1.54, 1.807) is 19.2 Å². The van der Waals surface area contributed by atoms with Crippen LogP contribution in [0.5, 0.6) is 0 Å². The van der Waals surface area contributed by atoms with Gasteiger partial charge in [-0.25, -0.2) is 9.97 Å². The van der Waals surface area contributed by atoms with Crippen molar-refractivity contribution >= 4 is 55.8 Å². The highest BCUT2D eigenvalue weighted by atomic mass is 32.1. The molecule has 0 saturated heterocycles. The van der Waals surface area contributed by atoms with E-state index in [0.29, 0.717) is 21.2 Å². The molecule has 0 fully saturated rings. The van der Waals surface area contributed by atoms with Crippen molar-refractivity contribution in [1.82, 2.24) is 14.5 Å². The average molecular weight is 435 g/mol. The third kappa shape index (κ3) is 4.49. The molecule has 29 heavy (non-hydrogen) atoms. The lowest BCUT2D eigenvalue weighted by Gasteiger charge is -2.05. The summed E-state index contributed by atoms with van der Waals surface area (Å²) in [4.78, 5) is 56.9. The molecule has 0 aromatic carbocycles. The zero-order chi connectivity index (χ0) is 21.1. The van der Waals surface area contributed by atoms with Crippen molar-refractivity contribution in [1.29, 1.82) is 0 Å². The molecular formula is C17H17N5O5S2. The number of fused-ring (bicyclic) bond motifs is 1. The van der Waals surface area contributed by atoms with E-state index in [-0.39, 0.29) is 29.8 Å². The molecule has 0 atom stereocenters. The van der Waals surface area contributed by atoms with Gasteiger partial charge < -0.3 is 15.8 Å². The van der Waals surface area contributed by atoms with Crippen LogP contribution in [0.25, 0.3) is 10.2 Å². The molecule has 12 heteroatoms. The summed E-state index contributed by atoms with van der Waals surface area (Å²) in [6.45, 7) is 3.33. The maximum Gasteiger partial charge on any atom is 0.311 e. The molecule has 3 aromatic heterocycles. The minimum atomic E-state index is -0.628. The summed E-state index contributed by atoms with van der Waals surface area (Å²) in [7, 11) is 0. The Balaban J connectivity index is 1.73. The van der Waals surface area contributed by atoms with Crippen molar-refractivity contribution in [3.8, 4) is 0 Å². The zero-order valence-corrected chi connectivity index (χ0v) is 17.2. The van der Waals surface area contributed by atoms with Gasteiger partial charge in [0.1, 0.15) is 11.4 Å². The standard InChI is InChI=1S/C17H17N5O5S2/c1-3-27-11(24)4-9-6-28-17(20-9)21-10(23)5-22-7-19-15-12(16(22)26)8(2)13(29-15)14(18)25/h6-7H,3-5H2,1-2H3,(H2,18,25)(H,20,21,23). The predicted molar refractivity (Wildman–Crippen MR) is 108 cm³/mol. The fourth-order valence-electron chi connectivity index (χ4n) is 2.63. The van der Waals surface area contributed by atoms with Crippen molar-refractivity contribution in [2.75, 3.05) is 11.9 Å². The van der Waals surface area contributed by atoms with Crippen molar-refractivity contribution in [2.24, 2.45) is 5.73 Å². The van der Waals surface area contributed by atoms with Gasteiger partial charge in [0.25, 0.3) is 11.5 Å². The Kier molecular flexibility index (Phi) is 6.03. The molecule has 3 heterocycles. The van der Waals surface area contributed by atoms with Crippen molar-refractivity contribution in [2.45, 2.75) is 26.8 Å². The number of esters is 1. The number of aromatic nitrogens is 3. The first-order valence-electron chi connectivity index (χ1n) is 8.48. The van der Waals surface area contributed by atoms with Gasteiger partial charge >= 0.3 is 5.97 Å². The van der Waals surface area contributed by atoms with Gasteiger partial charge in [0.2, 0.25) is 5.91 Å². The topological polar surface area (TPSA) is 146 Å². The molecule has 3 aromatic rings. The minimum absolute atomic E-state index is 0.0138. The second kappa shape index (κ2) is 8.49. The number of aryl methyl sites for hydroxylation is 1. The highest BCUT2D eigenvalue weighted by Crippen LogP contribution is 2.26. The summed E-state index contributed by atoms with van der Waals surface area (Å²) < 4.78 is 6.00. The Morgan fingerprint density at radius 3 is 2.79 bits per heavy atom. The van der Waals surface area contributed by atoms with Crippen LogP contribution in [0.15, 0.2) is 16.5 Å². The largest absolute Gasteiger partial charge is 0.466 e. The van der Waals surface area contributed by atoms with Crippen LogP contribution in [-0.2, 0) is 27.3 Å². The number of nitrogens with zero attached hydrogens (tertiary/aromatic N) is 3. The van der Waals surface area contributed by atoms with Gasteiger partial charge in [-0.05, 0) is 19.4 Å². The summed E-state index contributed by atoms with van der Waals surface area (Å²) in [5, 5.41) is 4.81. The molecule has 3 N–H and O–H groups in total. The first-order valence-corrected chi connectivity index (χ1v) is 10.2. The molecule has 0 spiro atoms. The molecule has 3 rings (SSSR count). The molecule has 2 amide bonds. The molecule has 152 valence electrons. The molecule has 0 aliphatic carbocycles. The van der Waals surface area contributed by atoms with Crippen LogP contribution < -0.4 is 16.6 Å². The number of ether oxygens (including phenoxy) is 1.